The summed E-state index contributed by atoms with van der Waals surface area (Å²) < 4.78 is 0. The lowest BCUT2D eigenvalue weighted by atomic mass is 9.87. The Morgan fingerprint density at radius 3 is 1.74 bits per heavy atom. The second kappa shape index (κ2) is 10.9. The number of nitrogens with zero attached hydrogens (tertiary/aromatic N) is 1. The number of Topliss-reactive ketones (excluding diaryl/α,β-unsaturated/α-hetero) is 2. The highest BCUT2D eigenvalue weighted by molar-refractivity contribution is 6.42. The van der Waals surface area contributed by atoms with Gasteiger partial charge in [0.1, 0.15) is 0 Å². The summed E-state index contributed by atoms with van der Waals surface area (Å²) in [5.41, 5.74) is 6.59. The van der Waals surface area contributed by atoms with Crippen molar-refractivity contribution >= 4 is 67.0 Å². The third-order valence-corrected chi connectivity index (χ3v) is 9.28. The zero-order chi connectivity index (χ0) is 32.3. The fourth-order valence-electron chi connectivity index (χ4n) is 6.73. The summed E-state index contributed by atoms with van der Waals surface area (Å²) in [6, 6.07) is 47.9. The molecule has 0 aliphatic heterocycles. The Bertz CT molecular complexity index is 2360. The number of carbonyl (C=O) groups excluding carboxylic acids is 2. The molecule has 0 fully saturated rings. The quantitative estimate of drug-likeness (QED) is 0.148. The predicted octanol–water partition coefficient (Wildman–Crippen LogP) is 11.4. The van der Waals surface area contributed by atoms with Crippen LogP contribution in [0, 0.1) is 0 Å². The van der Waals surface area contributed by atoms with Crippen LogP contribution in [-0.2, 0) is 5.41 Å². The maximum atomic E-state index is 13.4. The summed E-state index contributed by atoms with van der Waals surface area (Å²) in [5.74, 6) is -0.427. The maximum Gasteiger partial charge on any atom is 0.197 e. The number of carbonyl (C=O) groups is 2. The number of rotatable bonds is 4. The Hall–Kier alpha value is -5.80. The summed E-state index contributed by atoms with van der Waals surface area (Å²) in [5, 5.41) is 6.38. The monoisotopic (exact) mass is 607 g/mol. The zero-order valence-corrected chi connectivity index (χ0v) is 26.6. The Labute approximate surface area is 274 Å². The van der Waals surface area contributed by atoms with Crippen LogP contribution in [0.5, 0.6) is 0 Å². The fraction of sp³-hybridized carbons (Fsp3) is 0.0909. The van der Waals surface area contributed by atoms with Crippen molar-refractivity contribution in [1.29, 1.82) is 0 Å². The molecule has 0 unspecified atom stereocenters. The Morgan fingerprint density at radius 1 is 0.511 bits per heavy atom. The molecule has 0 heterocycles. The van der Waals surface area contributed by atoms with Crippen LogP contribution in [0.2, 0.25) is 0 Å². The smallest absolute Gasteiger partial charge is 0.197 e. The lowest BCUT2D eigenvalue weighted by Gasteiger charge is -2.28. The highest BCUT2D eigenvalue weighted by Gasteiger charge is 2.33. The normalized spacial score (nSPS) is 13.0. The fourth-order valence-corrected chi connectivity index (χ4v) is 6.73. The molecule has 0 atom stereocenters. The molecule has 0 N–H and O–H groups in total. The van der Waals surface area contributed by atoms with Crippen molar-refractivity contribution < 1.29 is 9.59 Å². The van der Waals surface area contributed by atoms with E-state index in [0.717, 1.165) is 44.2 Å². The van der Waals surface area contributed by atoms with Crippen LogP contribution in [0.15, 0.2) is 145 Å². The zero-order valence-electron chi connectivity index (χ0n) is 26.6. The molecule has 0 saturated heterocycles. The number of ketones is 2. The van der Waals surface area contributed by atoms with E-state index >= 15 is 0 Å². The van der Waals surface area contributed by atoms with Gasteiger partial charge in [-0.25, -0.2) is 0 Å². The number of hydrogen-bond donors (Lipinski definition) is 0. The predicted molar refractivity (Wildman–Crippen MR) is 195 cm³/mol. The van der Waals surface area contributed by atoms with Crippen LogP contribution in [-0.4, -0.2) is 11.6 Å². The summed E-state index contributed by atoms with van der Waals surface area (Å²) >= 11 is 0. The number of hydrogen-bond acceptors (Lipinski definition) is 3. The van der Waals surface area contributed by atoms with E-state index in [1.54, 1.807) is 6.08 Å². The van der Waals surface area contributed by atoms with Gasteiger partial charge >= 0.3 is 0 Å². The first kappa shape index (κ1) is 28.7. The van der Waals surface area contributed by atoms with Crippen LogP contribution in [0.3, 0.4) is 0 Å². The van der Waals surface area contributed by atoms with Gasteiger partial charge in [0.15, 0.2) is 11.6 Å². The van der Waals surface area contributed by atoms with Crippen molar-refractivity contribution in [2.75, 3.05) is 4.90 Å². The lowest BCUT2D eigenvalue weighted by Crippen LogP contribution is -2.13. The second-order valence-corrected chi connectivity index (χ2v) is 13.4. The molecule has 0 radical (unpaired) electrons. The molecule has 3 heteroatoms. The number of benzene rings is 7. The molecule has 0 aromatic heterocycles. The average molecular weight is 608 g/mol. The van der Waals surface area contributed by atoms with E-state index in [-0.39, 0.29) is 22.6 Å². The van der Waals surface area contributed by atoms with Gasteiger partial charge in [-0.05, 0) is 98.1 Å². The molecule has 47 heavy (non-hydrogen) atoms. The second-order valence-electron chi connectivity index (χ2n) is 13.4. The Balaban J connectivity index is 1.19. The van der Waals surface area contributed by atoms with Gasteiger partial charge in [0.2, 0.25) is 0 Å². The van der Waals surface area contributed by atoms with Crippen molar-refractivity contribution in [3.8, 4) is 0 Å². The Kier molecular flexibility index (Phi) is 6.66. The van der Waals surface area contributed by atoms with Gasteiger partial charge in [-0.3, -0.25) is 9.59 Å². The van der Waals surface area contributed by atoms with Gasteiger partial charge in [-0.1, -0.05) is 112 Å². The van der Waals surface area contributed by atoms with E-state index in [1.165, 1.54) is 16.3 Å². The minimum atomic E-state index is -0.214. The molecule has 7 aromatic rings. The van der Waals surface area contributed by atoms with Crippen molar-refractivity contribution in [2.45, 2.75) is 26.2 Å². The molecule has 3 nitrogen and oxygen atoms in total. The summed E-state index contributed by atoms with van der Waals surface area (Å²) in [4.78, 5) is 29.1. The highest BCUT2D eigenvalue weighted by atomic mass is 16.2. The topological polar surface area (TPSA) is 37.4 Å². The van der Waals surface area contributed by atoms with E-state index in [1.807, 2.05) is 48.5 Å². The highest BCUT2D eigenvalue weighted by Crippen LogP contribution is 2.41. The van der Waals surface area contributed by atoms with E-state index in [2.05, 4.69) is 117 Å². The van der Waals surface area contributed by atoms with E-state index in [9.17, 15) is 9.59 Å². The van der Waals surface area contributed by atoms with Crippen LogP contribution in [0.1, 0.15) is 52.6 Å². The average Bonchev–Trinajstić information content (AvgIpc) is 3.31. The summed E-state index contributed by atoms with van der Waals surface area (Å²) in [6.45, 7) is 6.70. The van der Waals surface area contributed by atoms with E-state index in [0.29, 0.717) is 11.1 Å². The molecule has 0 amide bonds. The molecule has 1 aliphatic carbocycles. The van der Waals surface area contributed by atoms with Crippen molar-refractivity contribution in [3.63, 3.8) is 0 Å². The first-order valence-electron chi connectivity index (χ1n) is 16.0. The molecule has 0 saturated carbocycles. The minimum absolute atomic E-state index is 0.0589. The van der Waals surface area contributed by atoms with Crippen LogP contribution >= 0.6 is 0 Å². The van der Waals surface area contributed by atoms with Gasteiger partial charge in [-0.2, -0.15) is 0 Å². The Morgan fingerprint density at radius 2 is 1.06 bits per heavy atom. The van der Waals surface area contributed by atoms with Crippen LogP contribution < -0.4 is 4.90 Å². The molecular weight excluding hydrogens is 574 g/mol. The third kappa shape index (κ3) is 5.01. The first-order valence-corrected chi connectivity index (χ1v) is 16.0. The van der Waals surface area contributed by atoms with Gasteiger partial charge in [0, 0.05) is 27.9 Å². The molecular formula is C44H33NO2. The van der Waals surface area contributed by atoms with Crippen LogP contribution in [0.4, 0.5) is 17.1 Å². The largest absolute Gasteiger partial charge is 0.310 e. The van der Waals surface area contributed by atoms with Crippen molar-refractivity contribution in [2.24, 2.45) is 0 Å². The molecule has 0 bridgehead atoms. The number of allylic oxidation sites excluding steroid dienone is 1. The standard InChI is InChI=1S/C44H33NO2/c1-44(2,3)34-18-21-35(22-19-34)45(41-14-8-12-29-9-6-7-13-37(29)41)36-20-17-32-23-28(15-16-33(32)25-36)24-40-42(46)38-26-30-10-4-5-11-31(30)27-39(38)43(40)47/h4-27H,1-3H3. The molecule has 7 aromatic carbocycles. The third-order valence-electron chi connectivity index (χ3n) is 9.28. The first-order chi connectivity index (χ1) is 22.7. The molecule has 0 spiro atoms. The van der Waals surface area contributed by atoms with Gasteiger partial charge in [0.05, 0.1) is 11.3 Å². The molecule has 8 rings (SSSR count). The molecule has 226 valence electrons. The molecule has 1 aliphatic rings. The van der Waals surface area contributed by atoms with E-state index in [4.69, 9.17) is 0 Å². The minimum Gasteiger partial charge on any atom is -0.310 e. The summed E-state index contributed by atoms with van der Waals surface area (Å²) in [7, 11) is 0. The lowest BCUT2D eigenvalue weighted by molar-refractivity contribution is 0.0990. The maximum absolute atomic E-state index is 13.4. The van der Waals surface area contributed by atoms with Gasteiger partial charge < -0.3 is 4.90 Å². The number of anilines is 3. The van der Waals surface area contributed by atoms with Crippen molar-refractivity contribution in [3.05, 3.63) is 167 Å². The van der Waals surface area contributed by atoms with Gasteiger partial charge in [-0.15, -0.1) is 0 Å². The van der Waals surface area contributed by atoms with Crippen molar-refractivity contribution in [1.82, 2.24) is 0 Å². The SMILES string of the molecule is CC(C)(C)c1ccc(N(c2ccc3cc(C=C4C(=O)c5cc6ccccc6cc5C4=O)ccc3c2)c2cccc3ccccc23)cc1. The van der Waals surface area contributed by atoms with Crippen LogP contribution in [0.25, 0.3) is 38.4 Å². The van der Waals surface area contributed by atoms with Gasteiger partial charge in [0.25, 0.3) is 0 Å². The number of fused-ring (bicyclic) bond motifs is 4. The summed E-state index contributed by atoms with van der Waals surface area (Å²) in [6.07, 6.45) is 1.74. The van der Waals surface area contributed by atoms with E-state index < -0.39 is 0 Å².